The smallest absolute Gasteiger partial charge is 0.331 e. The summed E-state index contributed by atoms with van der Waals surface area (Å²) < 4.78 is 0. The van der Waals surface area contributed by atoms with Gasteiger partial charge in [-0.3, -0.25) is 0 Å². The zero-order valence-corrected chi connectivity index (χ0v) is 10.8. The van der Waals surface area contributed by atoms with Gasteiger partial charge in [0.05, 0.1) is 0 Å². The first-order valence-electron chi connectivity index (χ1n) is 6.64. The highest BCUT2D eigenvalue weighted by Crippen LogP contribution is 2.11. The van der Waals surface area contributed by atoms with E-state index in [1.807, 2.05) is 6.08 Å². The van der Waals surface area contributed by atoms with Crippen LogP contribution in [0.2, 0.25) is 0 Å². The minimum Gasteiger partial charge on any atom is -0.478 e. The average molecular weight is 226 g/mol. The van der Waals surface area contributed by atoms with Crippen molar-refractivity contribution in [3.05, 3.63) is 11.6 Å². The molecule has 0 spiro atoms. The molecule has 94 valence electrons. The predicted molar refractivity (Wildman–Crippen MR) is 68.6 cm³/mol. The lowest BCUT2D eigenvalue weighted by molar-refractivity contribution is -0.132. The maximum Gasteiger partial charge on any atom is 0.331 e. The summed E-state index contributed by atoms with van der Waals surface area (Å²) in [5.41, 5.74) is 0.609. The van der Waals surface area contributed by atoms with Gasteiger partial charge in [-0.25, -0.2) is 4.79 Å². The Morgan fingerprint density at radius 2 is 1.62 bits per heavy atom. The molecule has 0 heterocycles. The third kappa shape index (κ3) is 8.51. The van der Waals surface area contributed by atoms with E-state index in [0.29, 0.717) is 5.57 Å². The molecule has 0 bridgehead atoms. The van der Waals surface area contributed by atoms with Crippen molar-refractivity contribution in [3.8, 4) is 0 Å². The van der Waals surface area contributed by atoms with E-state index in [0.717, 1.165) is 32.1 Å². The summed E-state index contributed by atoms with van der Waals surface area (Å²) in [7, 11) is 0. The molecule has 0 aliphatic heterocycles. The molecular formula is C14H26O2. The molecule has 0 aromatic rings. The molecule has 0 radical (unpaired) electrons. The fourth-order valence-corrected chi connectivity index (χ4v) is 1.69. The van der Waals surface area contributed by atoms with E-state index in [4.69, 9.17) is 5.11 Å². The summed E-state index contributed by atoms with van der Waals surface area (Å²) in [5.74, 6) is -0.734. The lowest BCUT2D eigenvalue weighted by atomic mass is 10.1. The molecule has 2 heteroatoms. The van der Waals surface area contributed by atoms with Gasteiger partial charge in [0.15, 0.2) is 0 Å². The number of carboxylic acid groups (broad SMARTS) is 1. The second-order valence-electron chi connectivity index (χ2n) is 4.34. The first-order valence-corrected chi connectivity index (χ1v) is 6.64. The number of hydrogen-bond donors (Lipinski definition) is 1. The number of aliphatic carboxylic acids is 1. The third-order valence-corrected chi connectivity index (χ3v) is 2.77. The van der Waals surface area contributed by atoms with Crippen molar-refractivity contribution in [2.45, 2.75) is 71.6 Å². The molecule has 0 aliphatic rings. The van der Waals surface area contributed by atoms with Gasteiger partial charge in [-0.05, 0) is 25.7 Å². The molecule has 0 aromatic carbocycles. The Bertz CT molecular complexity index is 207. The number of hydrogen-bond acceptors (Lipinski definition) is 1. The zero-order valence-electron chi connectivity index (χ0n) is 10.8. The van der Waals surface area contributed by atoms with Gasteiger partial charge in [0, 0.05) is 5.57 Å². The van der Waals surface area contributed by atoms with E-state index in [9.17, 15) is 4.79 Å². The van der Waals surface area contributed by atoms with Gasteiger partial charge >= 0.3 is 5.97 Å². The lowest BCUT2D eigenvalue weighted by Gasteiger charge is -2.01. The van der Waals surface area contributed by atoms with Crippen LogP contribution in [-0.4, -0.2) is 11.1 Å². The largest absolute Gasteiger partial charge is 0.478 e. The fourth-order valence-electron chi connectivity index (χ4n) is 1.69. The van der Waals surface area contributed by atoms with Crippen LogP contribution >= 0.6 is 0 Å². The predicted octanol–water partition coefficient (Wildman–Crippen LogP) is 4.55. The highest BCUT2D eigenvalue weighted by molar-refractivity contribution is 5.86. The maximum atomic E-state index is 10.9. The van der Waals surface area contributed by atoms with Crippen molar-refractivity contribution in [1.82, 2.24) is 0 Å². The minimum absolute atomic E-state index is 0.609. The Labute approximate surface area is 99.7 Å². The lowest BCUT2D eigenvalue weighted by Crippen LogP contribution is -2.00. The molecule has 0 fully saturated rings. The van der Waals surface area contributed by atoms with Gasteiger partial charge in [-0.1, -0.05) is 52.0 Å². The summed E-state index contributed by atoms with van der Waals surface area (Å²) in [6.07, 6.45) is 11.8. The first-order chi connectivity index (χ1) is 7.72. The maximum absolute atomic E-state index is 10.9. The molecule has 0 amide bonds. The van der Waals surface area contributed by atoms with Crippen molar-refractivity contribution < 1.29 is 9.90 Å². The summed E-state index contributed by atoms with van der Waals surface area (Å²) >= 11 is 0. The Kier molecular flexibility index (Phi) is 10.2. The Morgan fingerprint density at radius 3 is 2.19 bits per heavy atom. The van der Waals surface area contributed by atoms with Crippen LogP contribution in [0.1, 0.15) is 71.6 Å². The van der Waals surface area contributed by atoms with Crippen LogP contribution in [-0.2, 0) is 4.79 Å². The van der Waals surface area contributed by atoms with Gasteiger partial charge < -0.3 is 5.11 Å². The molecule has 0 aliphatic carbocycles. The summed E-state index contributed by atoms with van der Waals surface area (Å²) in [5, 5.41) is 8.97. The highest BCUT2D eigenvalue weighted by Gasteiger charge is 2.05. The second kappa shape index (κ2) is 10.7. The topological polar surface area (TPSA) is 37.3 Å². The number of allylic oxidation sites excluding steroid dienone is 1. The van der Waals surface area contributed by atoms with Crippen molar-refractivity contribution in [2.75, 3.05) is 0 Å². The Morgan fingerprint density at radius 1 is 1.00 bits per heavy atom. The monoisotopic (exact) mass is 226 g/mol. The van der Waals surface area contributed by atoms with E-state index < -0.39 is 5.97 Å². The van der Waals surface area contributed by atoms with Crippen LogP contribution in [0.4, 0.5) is 0 Å². The fraction of sp³-hybridized carbons (Fsp3) is 0.786. The van der Waals surface area contributed by atoms with Crippen molar-refractivity contribution in [2.24, 2.45) is 0 Å². The molecule has 0 atom stereocenters. The van der Waals surface area contributed by atoms with Crippen molar-refractivity contribution in [1.29, 1.82) is 0 Å². The van der Waals surface area contributed by atoms with Gasteiger partial charge in [0.25, 0.3) is 0 Å². The average Bonchev–Trinajstić information content (AvgIpc) is 2.26. The number of rotatable bonds is 10. The molecule has 16 heavy (non-hydrogen) atoms. The molecule has 1 N–H and O–H groups in total. The normalized spacial score (nSPS) is 11.8. The van der Waals surface area contributed by atoms with Crippen LogP contribution < -0.4 is 0 Å². The van der Waals surface area contributed by atoms with Crippen LogP contribution in [0.15, 0.2) is 11.6 Å². The number of carboxylic acids is 1. The number of unbranched alkanes of at least 4 members (excludes halogenated alkanes) is 6. The third-order valence-electron chi connectivity index (χ3n) is 2.77. The standard InChI is InChI=1S/C14H26O2/c1-3-5-7-8-9-10-12-13(14(15)16)11-6-4-2/h12H,3-11H2,1-2H3,(H,15,16)/b13-12+. The van der Waals surface area contributed by atoms with Crippen LogP contribution in [0, 0.1) is 0 Å². The van der Waals surface area contributed by atoms with Gasteiger partial charge in [-0.15, -0.1) is 0 Å². The first kappa shape index (κ1) is 15.2. The van der Waals surface area contributed by atoms with Crippen LogP contribution in [0.3, 0.4) is 0 Å². The van der Waals surface area contributed by atoms with Gasteiger partial charge in [0.2, 0.25) is 0 Å². The molecule has 0 saturated heterocycles. The highest BCUT2D eigenvalue weighted by atomic mass is 16.4. The summed E-state index contributed by atoms with van der Waals surface area (Å²) in [6.45, 7) is 4.29. The van der Waals surface area contributed by atoms with Crippen molar-refractivity contribution in [3.63, 3.8) is 0 Å². The quantitative estimate of drug-likeness (QED) is 0.438. The van der Waals surface area contributed by atoms with E-state index in [1.165, 1.54) is 25.7 Å². The minimum atomic E-state index is -0.734. The summed E-state index contributed by atoms with van der Waals surface area (Å²) in [4.78, 5) is 10.9. The SMILES string of the molecule is CCCCCCC/C=C(\CCCC)C(=O)O. The molecule has 2 nitrogen and oxygen atoms in total. The molecule has 0 saturated carbocycles. The van der Waals surface area contributed by atoms with Crippen LogP contribution in [0.5, 0.6) is 0 Å². The molecule has 0 aromatic heterocycles. The molecule has 0 rings (SSSR count). The second-order valence-corrected chi connectivity index (χ2v) is 4.34. The Hall–Kier alpha value is -0.790. The van der Waals surface area contributed by atoms with Crippen molar-refractivity contribution >= 4 is 5.97 Å². The van der Waals surface area contributed by atoms with Gasteiger partial charge in [0.1, 0.15) is 0 Å². The summed E-state index contributed by atoms with van der Waals surface area (Å²) in [6, 6.07) is 0. The van der Waals surface area contributed by atoms with E-state index in [2.05, 4.69) is 13.8 Å². The molecular weight excluding hydrogens is 200 g/mol. The van der Waals surface area contributed by atoms with E-state index in [-0.39, 0.29) is 0 Å². The zero-order chi connectivity index (χ0) is 12.2. The number of carbonyl (C=O) groups is 1. The molecule has 0 unspecified atom stereocenters. The van der Waals surface area contributed by atoms with E-state index in [1.54, 1.807) is 0 Å². The van der Waals surface area contributed by atoms with E-state index >= 15 is 0 Å². The Balaban J connectivity index is 3.72. The van der Waals surface area contributed by atoms with Gasteiger partial charge in [-0.2, -0.15) is 0 Å². The van der Waals surface area contributed by atoms with Crippen LogP contribution in [0.25, 0.3) is 0 Å².